The van der Waals surface area contributed by atoms with Crippen LogP contribution >= 0.6 is 0 Å². The lowest BCUT2D eigenvalue weighted by molar-refractivity contribution is -0.282. The first kappa shape index (κ1) is 23.3. The number of likely N-dealkylation sites (tertiary alicyclic amines) is 1. The van der Waals surface area contributed by atoms with Crippen LogP contribution in [0.4, 0.5) is 0 Å². The molecular formula is C28H38N2O6. The summed E-state index contributed by atoms with van der Waals surface area (Å²) in [6.07, 6.45) is 7.53. The molecule has 3 N–H and O–H groups in total. The Hall–Kier alpha value is -1.87. The SMILES string of the molecule is COc1ccc2c3c1O[C@H]1C4(OC)CCC5(C[C@@H]4COC(=O)[C@@H](N)CO)[C@@H](C2)N(CC2CC2)CCC315. The number of rotatable bonds is 8. The molecule has 0 radical (unpaired) electrons. The fourth-order valence-electron chi connectivity index (χ4n) is 9.26. The van der Waals surface area contributed by atoms with Gasteiger partial charge in [-0.15, -0.1) is 0 Å². The van der Waals surface area contributed by atoms with Gasteiger partial charge in [-0.2, -0.15) is 0 Å². The molecule has 4 saturated carbocycles. The molecule has 2 aliphatic heterocycles. The van der Waals surface area contributed by atoms with Crippen LogP contribution in [-0.2, 0) is 26.1 Å². The third-order valence-corrected chi connectivity index (χ3v) is 10.9. The molecule has 1 saturated heterocycles. The molecule has 36 heavy (non-hydrogen) atoms. The number of piperidine rings is 1. The fourth-order valence-corrected chi connectivity index (χ4v) is 9.26. The van der Waals surface area contributed by atoms with Gasteiger partial charge in [0.05, 0.1) is 20.3 Å². The summed E-state index contributed by atoms with van der Waals surface area (Å²) in [4.78, 5) is 15.2. The molecule has 0 amide bonds. The lowest BCUT2D eigenvalue weighted by Gasteiger charge is -2.73. The van der Waals surface area contributed by atoms with Crippen LogP contribution in [-0.4, -0.2) is 80.3 Å². The standard InChI is InChI=1S/C28H38N2O6/c1-33-20-6-5-17-11-21-26-7-8-28(34-2,18(12-26)15-35-24(32)19(29)14-31)25-27(26,22(17)23(20)36-25)9-10-30(21)13-16-3-4-16/h5-6,16,18-19,21,25,31H,3-4,7-15,29H2,1-2H3/t18-,19+,21-,25-,26?,27?,28?/m1/s1. The summed E-state index contributed by atoms with van der Waals surface area (Å²) in [6.45, 7) is 2.08. The van der Waals surface area contributed by atoms with Crippen molar-refractivity contribution in [1.82, 2.24) is 4.90 Å². The van der Waals surface area contributed by atoms with Crippen molar-refractivity contribution in [3.8, 4) is 11.5 Å². The lowest BCUT2D eigenvalue weighted by atomic mass is 9.35. The molecule has 7 atom stereocenters. The van der Waals surface area contributed by atoms with E-state index < -0.39 is 24.2 Å². The number of fused-ring (bicyclic) bond motifs is 2. The third-order valence-electron chi connectivity index (χ3n) is 10.9. The maximum absolute atomic E-state index is 12.4. The first-order valence-electron chi connectivity index (χ1n) is 13.6. The molecule has 7 aliphatic rings. The van der Waals surface area contributed by atoms with E-state index in [9.17, 15) is 9.90 Å². The highest BCUT2D eigenvalue weighted by molar-refractivity contribution is 5.75. The molecular weight excluding hydrogens is 460 g/mol. The second-order valence-electron chi connectivity index (χ2n) is 12.1. The number of aliphatic hydroxyl groups excluding tert-OH is 1. The molecule has 8 nitrogen and oxygen atoms in total. The predicted molar refractivity (Wildman–Crippen MR) is 131 cm³/mol. The molecule has 5 aliphatic carbocycles. The minimum atomic E-state index is -1.02. The predicted octanol–water partition coefficient (Wildman–Crippen LogP) is 1.78. The number of benzene rings is 1. The molecule has 5 fully saturated rings. The van der Waals surface area contributed by atoms with Gasteiger partial charge in [0, 0.05) is 42.0 Å². The van der Waals surface area contributed by atoms with Gasteiger partial charge < -0.3 is 29.8 Å². The van der Waals surface area contributed by atoms with Crippen molar-refractivity contribution in [1.29, 1.82) is 0 Å². The van der Waals surface area contributed by atoms with Crippen molar-refractivity contribution in [2.24, 2.45) is 23.0 Å². The number of carbonyl (C=O) groups is 1. The number of nitrogens with two attached hydrogens (primary N) is 1. The van der Waals surface area contributed by atoms with Crippen LogP contribution < -0.4 is 15.2 Å². The number of nitrogens with zero attached hydrogens (tertiary/aromatic N) is 1. The van der Waals surface area contributed by atoms with Gasteiger partial charge in [0.25, 0.3) is 0 Å². The minimum Gasteiger partial charge on any atom is -0.493 e. The van der Waals surface area contributed by atoms with Gasteiger partial charge in [-0.05, 0) is 69.0 Å². The molecule has 8 heteroatoms. The van der Waals surface area contributed by atoms with Gasteiger partial charge in [-0.1, -0.05) is 6.07 Å². The average molecular weight is 499 g/mol. The summed E-state index contributed by atoms with van der Waals surface area (Å²) >= 11 is 0. The van der Waals surface area contributed by atoms with Gasteiger partial charge in [0.2, 0.25) is 0 Å². The molecule has 196 valence electrons. The molecule has 2 spiro atoms. The first-order chi connectivity index (χ1) is 17.4. The van der Waals surface area contributed by atoms with Crippen molar-refractivity contribution < 1.29 is 28.8 Å². The van der Waals surface area contributed by atoms with Crippen LogP contribution in [0.1, 0.15) is 49.7 Å². The van der Waals surface area contributed by atoms with Gasteiger partial charge in [0.1, 0.15) is 17.7 Å². The molecule has 1 aromatic carbocycles. The summed E-state index contributed by atoms with van der Waals surface area (Å²) < 4.78 is 25.0. The van der Waals surface area contributed by atoms with Crippen LogP contribution in [0, 0.1) is 17.3 Å². The summed E-state index contributed by atoms with van der Waals surface area (Å²) in [7, 11) is 3.50. The largest absolute Gasteiger partial charge is 0.493 e. The summed E-state index contributed by atoms with van der Waals surface area (Å²) in [5, 5.41) is 9.33. The quantitative estimate of drug-likeness (QED) is 0.523. The first-order valence-corrected chi connectivity index (χ1v) is 13.6. The molecule has 1 aromatic rings. The monoisotopic (exact) mass is 498 g/mol. The van der Waals surface area contributed by atoms with E-state index in [-0.39, 0.29) is 29.5 Å². The Morgan fingerprint density at radius 3 is 2.83 bits per heavy atom. The zero-order valence-electron chi connectivity index (χ0n) is 21.3. The Bertz CT molecular complexity index is 1090. The Labute approximate surface area is 212 Å². The van der Waals surface area contributed by atoms with E-state index in [1.54, 1.807) is 14.2 Å². The Morgan fingerprint density at radius 1 is 1.28 bits per heavy atom. The summed E-state index contributed by atoms with van der Waals surface area (Å²) in [5.74, 6) is 1.97. The zero-order chi connectivity index (χ0) is 24.9. The highest BCUT2D eigenvalue weighted by Gasteiger charge is 2.80. The van der Waals surface area contributed by atoms with E-state index in [0.29, 0.717) is 6.04 Å². The Balaban J connectivity index is 1.35. The molecule has 2 heterocycles. The van der Waals surface area contributed by atoms with Crippen molar-refractivity contribution >= 4 is 5.97 Å². The second-order valence-corrected chi connectivity index (χ2v) is 12.1. The molecule has 3 unspecified atom stereocenters. The van der Waals surface area contributed by atoms with Crippen molar-refractivity contribution in [3.05, 3.63) is 23.3 Å². The Morgan fingerprint density at radius 2 is 2.11 bits per heavy atom. The zero-order valence-corrected chi connectivity index (χ0v) is 21.3. The van der Waals surface area contributed by atoms with Gasteiger partial charge >= 0.3 is 5.97 Å². The van der Waals surface area contributed by atoms with Crippen LogP contribution in [0.25, 0.3) is 0 Å². The summed E-state index contributed by atoms with van der Waals surface area (Å²) in [6, 6.07) is 3.76. The molecule has 8 rings (SSSR count). The number of ether oxygens (including phenoxy) is 4. The number of esters is 1. The third kappa shape index (κ3) is 2.71. The van der Waals surface area contributed by atoms with Crippen LogP contribution in [0.5, 0.6) is 11.5 Å². The highest BCUT2D eigenvalue weighted by atomic mass is 16.6. The van der Waals surface area contributed by atoms with Crippen LogP contribution in [0.15, 0.2) is 12.1 Å². The van der Waals surface area contributed by atoms with E-state index in [0.717, 1.165) is 56.1 Å². The van der Waals surface area contributed by atoms with Crippen molar-refractivity contribution in [3.63, 3.8) is 0 Å². The minimum absolute atomic E-state index is 0.00514. The number of methoxy groups -OCH3 is 2. The van der Waals surface area contributed by atoms with Gasteiger partial charge in [0.15, 0.2) is 11.5 Å². The highest BCUT2D eigenvalue weighted by Crippen LogP contribution is 2.76. The fraction of sp³-hybridized carbons (Fsp3) is 0.750. The normalized spacial score (nSPS) is 40.4. The van der Waals surface area contributed by atoms with E-state index in [4.69, 9.17) is 24.7 Å². The number of aliphatic hydroxyl groups is 1. The van der Waals surface area contributed by atoms with E-state index in [1.807, 2.05) is 0 Å². The van der Waals surface area contributed by atoms with Crippen molar-refractivity contribution in [2.45, 2.75) is 74.1 Å². The van der Waals surface area contributed by atoms with Crippen LogP contribution in [0.2, 0.25) is 0 Å². The van der Waals surface area contributed by atoms with E-state index in [2.05, 4.69) is 17.0 Å². The maximum Gasteiger partial charge on any atom is 0.325 e. The summed E-state index contributed by atoms with van der Waals surface area (Å²) in [5.41, 5.74) is 7.87. The van der Waals surface area contributed by atoms with Gasteiger partial charge in [-0.3, -0.25) is 9.69 Å². The van der Waals surface area contributed by atoms with Crippen LogP contribution in [0.3, 0.4) is 0 Å². The average Bonchev–Trinajstić information content (AvgIpc) is 3.65. The topological polar surface area (TPSA) is 103 Å². The second kappa shape index (κ2) is 7.82. The number of hydrogen-bond donors (Lipinski definition) is 2. The lowest BCUT2D eigenvalue weighted by Crippen LogP contribution is -2.81. The number of hydrogen-bond acceptors (Lipinski definition) is 8. The Kier molecular flexibility index (Phi) is 5.05. The number of carbonyl (C=O) groups excluding carboxylic acids is 1. The van der Waals surface area contributed by atoms with E-state index >= 15 is 0 Å². The smallest absolute Gasteiger partial charge is 0.325 e. The van der Waals surface area contributed by atoms with E-state index in [1.165, 1.54) is 30.5 Å². The van der Waals surface area contributed by atoms with Crippen molar-refractivity contribution in [2.75, 3.05) is 40.5 Å². The van der Waals surface area contributed by atoms with Gasteiger partial charge in [-0.25, -0.2) is 0 Å². The maximum atomic E-state index is 12.4. The molecule has 4 bridgehead atoms. The molecule has 0 aromatic heterocycles.